The molecule has 0 saturated carbocycles. The predicted molar refractivity (Wildman–Crippen MR) is 117 cm³/mol. The fourth-order valence-electron chi connectivity index (χ4n) is 2.91. The fraction of sp³-hybridized carbons (Fsp3) is 0.300. The lowest BCUT2D eigenvalue weighted by atomic mass is 10.1. The third-order valence-corrected chi connectivity index (χ3v) is 5.21. The van der Waals surface area contributed by atoms with Crippen LogP contribution in [0.1, 0.15) is 19.4 Å². The molecule has 0 aliphatic rings. The summed E-state index contributed by atoms with van der Waals surface area (Å²) in [5.74, 6) is -0.138. The third-order valence-electron chi connectivity index (χ3n) is 4.25. The molecule has 3 aromatic rings. The van der Waals surface area contributed by atoms with Gasteiger partial charge >= 0.3 is 0 Å². The van der Waals surface area contributed by atoms with Gasteiger partial charge in [-0.1, -0.05) is 43.6 Å². The number of rotatable bonds is 8. The largest absolute Gasteiger partial charge is 0.326 e. The van der Waals surface area contributed by atoms with Crippen LogP contribution in [0.2, 0.25) is 5.02 Å². The number of nitrogens with two attached hydrogens (primary N) is 1. The van der Waals surface area contributed by atoms with E-state index >= 15 is 0 Å². The Kier molecular flexibility index (Phi) is 6.96. The smallest absolute Gasteiger partial charge is 0.228 e. The topological polar surface area (TPSA) is 85.0 Å². The van der Waals surface area contributed by atoms with Gasteiger partial charge in [0.05, 0.1) is 18.5 Å². The highest BCUT2D eigenvalue weighted by Gasteiger charge is 2.12. The molecule has 2 aromatic carbocycles. The molecule has 6 nitrogen and oxygen atoms in total. The fourth-order valence-corrected chi connectivity index (χ4v) is 3.59. The number of carbonyl (C=O) groups excluding carboxylic acids is 1. The van der Waals surface area contributed by atoms with E-state index in [1.807, 2.05) is 41.2 Å². The Morgan fingerprint density at radius 3 is 2.82 bits per heavy atom. The normalized spacial score (nSPS) is 11.3. The summed E-state index contributed by atoms with van der Waals surface area (Å²) in [7, 11) is 0. The monoisotopic (exact) mass is 417 g/mol. The molecule has 8 heteroatoms. The maximum Gasteiger partial charge on any atom is 0.228 e. The van der Waals surface area contributed by atoms with Crippen molar-refractivity contribution in [2.75, 3.05) is 11.9 Å². The molecule has 0 fully saturated rings. The minimum atomic E-state index is -0.138. The second-order valence-corrected chi connectivity index (χ2v) is 7.93. The zero-order valence-electron chi connectivity index (χ0n) is 15.9. The molecule has 0 atom stereocenters. The Morgan fingerprint density at radius 1 is 1.32 bits per heavy atom. The van der Waals surface area contributed by atoms with Crippen LogP contribution in [0, 0.1) is 0 Å². The van der Waals surface area contributed by atoms with Crippen molar-refractivity contribution in [2.24, 2.45) is 5.14 Å². The number of anilines is 1. The van der Waals surface area contributed by atoms with Gasteiger partial charge in [-0.25, -0.2) is 0 Å². The summed E-state index contributed by atoms with van der Waals surface area (Å²) >= 11 is 7.29. The number of fused-ring (bicyclic) bond motifs is 1. The number of nitrogens with one attached hydrogen (secondary N) is 2. The third kappa shape index (κ3) is 5.26. The Morgan fingerprint density at radius 2 is 2.11 bits per heavy atom. The Labute approximate surface area is 173 Å². The average molecular weight is 418 g/mol. The lowest BCUT2D eigenvalue weighted by molar-refractivity contribution is -0.115. The molecule has 0 bridgehead atoms. The van der Waals surface area contributed by atoms with Gasteiger partial charge in [-0.2, -0.15) is 5.10 Å². The van der Waals surface area contributed by atoms with Crippen molar-refractivity contribution in [1.82, 2.24) is 15.1 Å². The molecule has 0 aliphatic carbocycles. The molecule has 0 saturated heterocycles. The number of amides is 1. The SMILES string of the molecule is CC(C)NCCn1cc2c(SN)cc(NC(=O)Cc3ccccc3Cl)cc2n1. The molecule has 0 spiro atoms. The number of hydrogen-bond donors (Lipinski definition) is 3. The van der Waals surface area contributed by atoms with Crippen LogP contribution < -0.4 is 15.8 Å². The Hall–Kier alpha value is -2.06. The van der Waals surface area contributed by atoms with Crippen molar-refractivity contribution in [3.8, 4) is 0 Å². The summed E-state index contributed by atoms with van der Waals surface area (Å²) < 4.78 is 1.90. The van der Waals surface area contributed by atoms with E-state index in [9.17, 15) is 4.79 Å². The standard InChI is InChI=1S/C20H24ClN5OS/c1-13(2)23-7-8-26-12-16-18(25-26)10-15(11-19(16)28-22)24-20(27)9-14-5-3-4-6-17(14)21/h3-6,10-13,23H,7-9,22H2,1-2H3,(H,24,27). The van der Waals surface area contributed by atoms with Crippen molar-refractivity contribution in [1.29, 1.82) is 0 Å². The van der Waals surface area contributed by atoms with Gasteiger partial charge in [0.15, 0.2) is 0 Å². The van der Waals surface area contributed by atoms with Crippen LogP contribution in [-0.4, -0.2) is 28.3 Å². The van der Waals surface area contributed by atoms with E-state index in [-0.39, 0.29) is 12.3 Å². The Balaban J connectivity index is 1.76. The summed E-state index contributed by atoms with van der Waals surface area (Å²) in [5.41, 5.74) is 2.26. The number of hydrogen-bond acceptors (Lipinski definition) is 5. The molecule has 28 heavy (non-hydrogen) atoms. The van der Waals surface area contributed by atoms with Gasteiger partial charge in [0.2, 0.25) is 5.91 Å². The number of halogens is 1. The zero-order chi connectivity index (χ0) is 20.1. The first kappa shape index (κ1) is 20.7. The molecule has 0 radical (unpaired) electrons. The molecule has 4 N–H and O–H groups in total. The molecule has 0 unspecified atom stereocenters. The zero-order valence-corrected chi connectivity index (χ0v) is 17.5. The first-order valence-corrected chi connectivity index (χ1v) is 10.4. The highest BCUT2D eigenvalue weighted by atomic mass is 35.5. The highest BCUT2D eigenvalue weighted by Crippen LogP contribution is 2.28. The molecule has 0 aliphatic heterocycles. The molecule has 3 rings (SSSR count). The molecule has 1 amide bonds. The Bertz CT molecular complexity index is 972. The summed E-state index contributed by atoms with van der Waals surface area (Å²) in [6, 6.07) is 11.5. The lowest BCUT2D eigenvalue weighted by Gasteiger charge is -2.08. The second kappa shape index (κ2) is 9.43. The van der Waals surface area contributed by atoms with Crippen LogP contribution in [0.4, 0.5) is 5.69 Å². The van der Waals surface area contributed by atoms with Gasteiger partial charge in [-0.05, 0) is 35.7 Å². The van der Waals surface area contributed by atoms with Crippen molar-refractivity contribution >= 4 is 46.0 Å². The molecular formula is C20H24ClN5OS. The van der Waals surface area contributed by atoms with E-state index in [0.717, 1.165) is 46.4 Å². The second-order valence-electron chi connectivity index (χ2n) is 6.84. The molecular weight excluding hydrogens is 394 g/mol. The molecule has 1 aromatic heterocycles. The predicted octanol–water partition coefficient (Wildman–Crippen LogP) is 3.83. The van der Waals surface area contributed by atoms with Crippen molar-refractivity contribution in [2.45, 2.75) is 37.8 Å². The summed E-state index contributed by atoms with van der Waals surface area (Å²) in [6.07, 6.45) is 2.19. The number of carbonyl (C=O) groups is 1. The quantitative estimate of drug-likeness (QED) is 0.485. The maximum absolute atomic E-state index is 12.4. The first-order chi connectivity index (χ1) is 13.5. The van der Waals surface area contributed by atoms with E-state index in [1.54, 1.807) is 6.07 Å². The highest BCUT2D eigenvalue weighted by molar-refractivity contribution is 7.97. The van der Waals surface area contributed by atoms with Crippen LogP contribution in [0.3, 0.4) is 0 Å². The number of aromatic nitrogens is 2. The maximum atomic E-state index is 12.4. The summed E-state index contributed by atoms with van der Waals surface area (Å²) in [5, 5.41) is 18.3. The first-order valence-electron chi connectivity index (χ1n) is 9.11. The number of benzene rings is 2. The van der Waals surface area contributed by atoms with Gasteiger partial charge in [0.25, 0.3) is 0 Å². The number of nitrogens with zero attached hydrogens (tertiary/aromatic N) is 2. The lowest BCUT2D eigenvalue weighted by Crippen LogP contribution is -2.26. The van der Waals surface area contributed by atoms with Gasteiger partial charge in [-0.3, -0.25) is 14.6 Å². The van der Waals surface area contributed by atoms with Gasteiger partial charge in [0, 0.05) is 39.8 Å². The van der Waals surface area contributed by atoms with Gasteiger partial charge < -0.3 is 10.6 Å². The average Bonchev–Trinajstić information content (AvgIpc) is 3.05. The van der Waals surface area contributed by atoms with Crippen molar-refractivity contribution in [3.63, 3.8) is 0 Å². The van der Waals surface area contributed by atoms with E-state index in [1.165, 1.54) is 0 Å². The van der Waals surface area contributed by atoms with Gasteiger partial charge in [-0.15, -0.1) is 0 Å². The van der Waals surface area contributed by atoms with E-state index < -0.39 is 0 Å². The van der Waals surface area contributed by atoms with E-state index in [0.29, 0.717) is 16.8 Å². The van der Waals surface area contributed by atoms with Crippen LogP contribution >= 0.6 is 23.5 Å². The molecule has 1 heterocycles. The van der Waals surface area contributed by atoms with Crippen molar-refractivity contribution < 1.29 is 4.79 Å². The van der Waals surface area contributed by atoms with E-state index in [4.69, 9.17) is 16.7 Å². The summed E-state index contributed by atoms with van der Waals surface area (Å²) in [6.45, 7) is 5.81. The van der Waals surface area contributed by atoms with Gasteiger partial charge in [0.1, 0.15) is 0 Å². The van der Waals surface area contributed by atoms with Crippen LogP contribution in [0.25, 0.3) is 10.9 Å². The molecule has 148 valence electrons. The van der Waals surface area contributed by atoms with Crippen LogP contribution in [0.15, 0.2) is 47.5 Å². The van der Waals surface area contributed by atoms with Crippen LogP contribution in [0.5, 0.6) is 0 Å². The minimum Gasteiger partial charge on any atom is -0.326 e. The minimum absolute atomic E-state index is 0.138. The van der Waals surface area contributed by atoms with Crippen LogP contribution in [-0.2, 0) is 17.8 Å². The van der Waals surface area contributed by atoms with E-state index in [2.05, 4.69) is 29.6 Å². The van der Waals surface area contributed by atoms with Crippen molar-refractivity contribution in [3.05, 3.63) is 53.2 Å². The summed E-state index contributed by atoms with van der Waals surface area (Å²) in [4.78, 5) is 13.3.